The highest BCUT2D eigenvalue weighted by atomic mass is 16.5. The Hall–Kier alpha value is -0.0800. The van der Waals surface area contributed by atoms with Crippen molar-refractivity contribution < 1.29 is 9.47 Å². The van der Waals surface area contributed by atoms with Gasteiger partial charge in [0, 0.05) is 19.8 Å². The Kier molecular flexibility index (Phi) is 11.9. The van der Waals surface area contributed by atoms with E-state index in [1.165, 1.54) is 19.3 Å². The Balaban J connectivity index is 3.49. The van der Waals surface area contributed by atoms with Crippen LogP contribution in [0.4, 0.5) is 0 Å². The highest BCUT2D eigenvalue weighted by Gasteiger charge is 2.07. The molecule has 0 spiro atoms. The third-order valence-electron chi connectivity index (χ3n) is 2.46. The summed E-state index contributed by atoms with van der Waals surface area (Å²) in [6.45, 7) is 9.06. The third kappa shape index (κ3) is 10.2. The van der Waals surface area contributed by atoms with Gasteiger partial charge in [-0.25, -0.2) is 0 Å². The van der Waals surface area contributed by atoms with Crippen LogP contribution in [0.5, 0.6) is 0 Å². The van der Waals surface area contributed by atoms with E-state index in [1.807, 2.05) is 6.92 Å². The lowest BCUT2D eigenvalue weighted by Gasteiger charge is -2.17. The van der Waals surface area contributed by atoms with E-state index in [2.05, 4.69) is 13.8 Å². The summed E-state index contributed by atoms with van der Waals surface area (Å²) in [5.41, 5.74) is 0. The standard InChI is InChI=1S/C13H28O2/c1-4-7-9-13(15-11-5-2)10-8-12-14-6-3/h13H,4-12H2,1-3H3. The van der Waals surface area contributed by atoms with Crippen LogP contribution in [0.3, 0.4) is 0 Å². The van der Waals surface area contributed by atoms with Gasteiger partial charge in [-0.1, -0.05) is 26.7 Å². The molecule has 0 radical (unpaired) electrons. The minimum Gasteiger partial charge on any atom is -0.382 e. The smallest absolute Gasteiger partial charge is 0.0576 e. The van der Waals surface area contributed by atoms with Gasteiger partial charge in [0.25, 0.3) is 0 Å². The fourth-order valence-corrected chi connectivity index (χ4v) is 1.58. The van der Waals surface area contributed by atoms with Crippen LogP contribution in [0.1, 0.15) is 59.3 Å². The molecule has 2 nitrogen and oxygen atoms in total. The second-order valence-corrected chi connectivity index (χ2v) is 3.97. The zero-order valence-corrected chi connectivity index (χ0v) is 10.8. The Morgan fingerprint density at radius 1 is 0.867 bits per heavy atom. The molecule has 0 aliphatic carbocycles. The topological polar surface area (TPSA) is 18.5 Å². The zero-order valence-electron chi connectivity index (χ0n) is 10.8. The van der Waals surface area contributed by atoms with Gasteiger partial charge >= 0.3 is 0 Å². The SMILES string of the molecule is CCCCC(CCCOCC)OCCC. The highest BCUT2D eigenvalue weighted by molar-refractivity contribution is 4.58. The Morgan fingerprint density at radius 3 is 2.20 bits per heavy atom. The lowest BCUT2D eigenvalue weighted by atomic mass is 10.1. The van der Waals surface area contributed by atoms with E-state index >= 15 is 0 Å². The quantitative estimate of drug-likeness (QED) is 0.489. The zero-order chi connectivity index (χ0) is 11.4. The summed E-state index contributed by atoms with van der Waals surface area (Å²) in [4.78, 5) is 0. The summed E-state index contributed by atoms with van der Waals surface area (Å²) in [6.07, 6.45) is 7.62. The molecule has 0 aromatic rings. The van der Waals surface area contributed by atoms with E-state index in [1.54, 1.807) is 0 Å². The van der Waals surface area contributed by atoms with Gasteiger partial charge in [-0.15, -0.1) is 0 Å². The number of rotatable bonds is 11. The first-order valence-electron chi connectivity index (χ1n) is 6.54. The van der Waals surface area contributed by atoms with Crippen LogP contribution in [0, 0.1) is 0 Å². The number of unbranched alkanes of at least 4 members (excludes halogenated alkanes) is 1. The molecule has 0 fully saturated rings. The van der Waals surface area contributed by atoms with Crippen molar-refractivity contribution in [1.29, 1.82) is 0 Å². The molecule has 0 rings (SSSR count). The van der Waals surface area contributed by atoms with Crippen molar-refractivity contribution in [3.05, 3.63) is 0 Å². The van der Waals surface area contributed by atoms with Gasteiger partial charge in [-0.05, 0) is 32.6 Å². The van der Waals surface area contributed by atoms with Crippen LogP contribution in [0.2, 0.25) is 0 Å². The molecular weight excluding hydrogens is 188 g/mol. The average Bonchev–Trinajstić information content (AvgIpc) is 2.27. The molecule has 2 heteroatoms. The summed E-state index contributed by atoms with van der Waals surface area (Å²) in [7, 11) is 0. The van der Waals surface area contributed by atoms with Crippen molar-refractivity contribution in [3.63, 3.8) is 0 Å². The Labute approximate surface area is 95.3 Å². The summed E-state index contributed by atoms with van der Waals surface area (Å²) in [5, 5.41) is 0. The van der Waals surface area contributed by atoms with Crippen LogP contribution >= 0.6 is 0 Å². The predicted molar refractivity (Wildman–Crippen MR) is 65.3 cm³/mol. The molecule has 15 heavy (non-hydrogen) atoms. The lowest BCUT2D eigenvalue weighted by Crippen LogP contribution is -2.14. The van der Waals surface area contributed by atoms with Crippen molar-refractivity contribution >= 4 is 0 Å². The summed E-state index contributed by atoms with van der Waals surface area (Å²) in [5.74, 6) is 0. The van der Waals surface area contributed by atoms with Crippen molar-refractivity contribution in [2.75, 3.05) is 19.8 Å². The van der Waals surface area contributed by atoms with Gasteiger partial charge in [0.15, 0.2) is 0 Å². The molecule has 0 N–H and O–H groups in total. The van der Waals surface area contributed by atoms with Crippen LogP contribution in [-0.2, 0) is 9.47 Å². The highest BCUT2D eigenvalue weighted by Crippen LogP contribution is 2.11. The van der Waals surface area contributed by atoms with Crippen molar-refractivity contribution in [1.82, 2.24) is 0 Å². The molecule has 0 aliphatic rings. The molecule has 1 atom stereocenters. The van der Waals surface area contributed by atoms with Crippen LogP contribution in [-0.4, -0.2) is 25.9 Å². The van der Waals surface area contributed by atoms with Gasteiger partial charge in [-0.3, -0.25) is 0 Å². The minimum absolute atomic E-state index is 0.463. The van der Waals surface area contributed by atoms with Crippen LogP contribution in [0.25, 0.3) is 0 Å². The number of ether oxygens (including phenoxy) is 2. The van der Waals surface area contributed by atoms with Crippen molar-refractivity contribution in [2.24, 2.45) is 0 Å². The third-order valence-corrected chi connectivity index (χ3v) is 2.46. The molecule has 0 aliphatic heterocycles. The molecule has 0 amide bonds. The molecule has 0 aromatic carbocycles. The van der Waals surface area contributed by atoms with Crippen molar-refractivity contribution in [2.45, 2.75) is 65.4 Å². The van der Waals surface area contributed by atoms with Gasteiger partial charge in [-0.2, -0.15) is 0 Å². The maximum atomic E-state index is 5.82. The van der Waals surface area contributed by atoms with E-state index in [0.717, 1.165) is 39.1 Å². The number of hydrogen-bond donors (Lipinski definition) is 0. The molecule has 92 valence electrons. The maximum absolute atomic E-state index is 5.82. The van der Waals surface area contributed by atoms with Gasteiger partial charge in [0.2, 0.25) is 0 Å². The van der Waals surface area contributed by atoms with E-state index in [0.29, 0.717) is 6.10 Å². The van der Waals surface area contributed by atoms with Gasteiger partial charge < -0.3 is 9.47 Å². The van der Waals surface area contributed by atoms with E-state index in [-0.39, 0.29) is 0 Å². The summed E-state index contributed by atoms with van der Waals surface area (Å²) < 4.78 is 11.2. The molecule has 0 saturated heterocycles. The summed E-state index contributed by atoms with van der Waals surface area (Å²) >= 11 is 0. The first kappa shape index (κ1) is 14.9. The Morgan fingerprint density at radius 2 is 1.60 bits per heavy atom. The van der Waals surface area contributed by atoms with Gasteiger partial charge in [0.1, 0.15) is 0 Å². The minimum atomic E-state index is 0.463. The fraction of sp³-hybridized carbons (Fsp3) is 1.00. The fourth-order valence-electron chi connectivity index (χ4n) is 1.58. The molecule has 0 bridgehead atoms. The molecule has 0 heterocycles. The van der Waals surface area contributed by atoms with Crippen LogP contribution < -0.4 is 0 Å². The van der Waals surface area contributed by atoms with E-state index < -0.39 is 0 Å². The number of hydrogen-bond acceptors (Lipinski definition) is 2. The van der Waals surface area contributed by atoms with Gasteiger partial charge in [0.05, 0.1) is 6.10 Å². The Bertz CT molecular complexity index is 107. The second kappa shape index (κ2) is 12.0. The first-order valence-corrected chi connectivity index (χ1v) is 6.54. The van der Waals surface area contributed by atoms with E-state index in [4.69, 9.17) is 9.47 Å². The predicted octanol–water partition coefficient (Wildman–Crippen LogP) is 3.79. The normalized spacial score (nSPS) is 13.0. The molecule has 0 saturated carbocycles. The maximum Gasteiger partial charge on any atom is 0.0576 e. The average molecular weight is 216 g/mol. The largest absolute Gasteiger partial charge is 0.382 e. The lowest BCUT2D eigenvalue weighted by molar-refractivity contribution is 0.0320. The summed E-state index contributed by atoms with van der Waals surface area (Å²) in [6, 6.07) is 0. The molecular formula is C13H28O2. The molecule has 1 unspecified atom stereocenters. The second-order valence-electron chi connectivity index (χ2n) is 3.97. The first-order chi connectivity index (χ1) is 7.35. The van der Waals surface area contributed by atoms with Crippen molar-refractivity contribution in [3.8, 4) is 0 Å². The van der Waals surface area contributed by atoms with E-state index in [9.17, 15) is 0 Å². The monoisotopic (exact) mass is 216 g/mol. The van der Waals surface area contributed by atoms with Crippen LogP contribution in [0.15, 0.2) is 0 Å². The molecule has 0 aromatic heterocycles.